The zero-order chi connectivity index (χ0) is 15.7. The summed E-state index contributed by atoms with van der Waals surface area (Å²) < 4.78 is 19.8. The largest absolute Gasteiger partial charge is 0.497 e. The van der Waals surface area contributed by atoms with Gasteiger partial charge in [-0.2, -0.15) is 0 Å². The standard InChI is InChI=1S/C14H19NO6/c1-4-20-9-14(17)21-8-13(16)15-10-5-11(18-2)7-12(6-10)19-3/h5-7H,4,8-9H2,1-3H3,(H,15,16). The number of esters is 1. The maximum absolute atomic E-state index is 11.7. The molecule has 21 heavy (non-hydrogen) atoms. The van der Waals surface area contributed by atoms with Crippen LogP contribution in [0.1, 0.15) is 6.92 Å². The van der Waals surface area contributed by atoms with Crippen molar-refractivity contribution in [2.75, 3.05) is 39.4 Å². The molecule has 0 fully saturated rings. The number of rotatable bonds is 8. The molecule has 0 atom stereocenters. The van der Waals surface area contributed by atoms with Gasteiger partial charge >= 0.3 is 5.97 Å². The smallest absolute Gasteiger partial charge is 0.332 e. The molecule has 0 spiro atoms. The monoisotopic (exact) mass is 297 g/mol. The summed E-state index contributed by atoms with van der Waals surface area (Å²) in [5.41, 5.74) is 0.483. The predicted molar refractivity (Wildman–Crippen MR) is 75.6 cm³/mol. The second-order valence-electron chi connectivity index (χ2n) is 3.95. The third-order valence-electron chi connectivity index (χ3n) is 2.42. The van der Waals surface area contributed by atoms with Gasteiger partial charge in [-0.1, -0.05) is 0 Å². The van der Waals surface area contributed by atoms with Crippen LogP contribution in [0.2, 0.25) is 0 Å². The van der Waals surface area contributed by atoms with Crippen molar-refractivity contribution in [2.45, 2.75) is 6.92 Å². The summed E-state index contributed by atoms with van der Waals surface area (Å²) >= 11 is 0. The van der Waals surface area contributed by atoms with E-state index in [0.29, 0.717) is 23.8 Å². The summed E-state index contributed by atoms with van der Waals surface area (Å²) in [4.78, 5) is 22.9. The van der Waals surface area contributed by atoms with E-state index in [0.717, 1.165) is 0 Å². The highest BCUT2D eigenvalue weighted by Gasteiger charge is 2.09. The van der Waals surface area contributed by atoms with Gasteiger partial charge in [0.25, 0.3) is 5.91 Å². The lowest BCUT2D eigenvalue weighted by molar-refractivity contribution is -0.151. The third-order valence-corrected chi connectivity index (χ3v) is 2.42. The summed E-state index contributed by atoms with van der Waals surface area (Å²) in [7, 11) is 3.02. The average Bonchev–Trinajstić information content (AvgIpc) is 2.50. The van der Waals surface area contributed by atoms with Gasteiger partial charge in [-0.3, -0.25) is 4.79 Å². The van der Waals surface area contributed by atoms with Gasteiger partial charge in [0.1, 0.15) is 18.1 Å². The molecule has 0 saturated carbocycles. The molecular weight excluding hydrogens is 278 g/mol. The van der Waals surface area contributed by atoms with Crippen molar-refractivity contribution in [3.8, 4) is 11.5 Å². The number of carbonyl (C=O) groups is 2. The molecule has 1 amide bonds. The molecule has 0 heterocycles. The van der Waals surface area contributed by atoms with E-state index in [1.165, 1.54) is 14.2 Å². The van der Waals surface area contributed by atoms with Crippen LogP contribution in [-0.4, -0.2) is 45.9 Å². The zero-order valence-electron chi connectivity index (χ0n) is 12.3. The molecule has 1 aromatic carbocycles. The number of nitrogens with one attached hydrogen (secondary N) is 1. The molecule has 0 unspecified atom stereocenters. The Morgan fingerprint density at radius 2 is 1.67 bits per heavy atom. The maximum Gasteiger partial charge on any atom is 0.332 e. The molecule has 0 saturated heterocycles. The summed E-state index contributed by atoms with van der Waals surface area (Å²) in [5.74, 6) is 0.0290. The van der Waals surface area contributed by atoms with Gasteiger partial charge in [0.15, 0.2) is 6.61 Å². The minimum atomic E-state index is -0.588. The number of carbonyl (C=O) groups excluding carboxylic acids is 2. The Kier molecular flexibility index (Phi) is 7.03. The minimum Gasteiger partial charge on any atom is -0.497 e. The molecular formula is C14H19NO6. The third kappa shape index (κ3) is 6.13. The van der Waals surface area contributed by atoms with Gasteiger partial charge < -0.3 is 24.3 Å². The van der Waals surface area contributed by atoms with E-state index in [2.05, 4.69) is 5.32 Å². The van der Waals surface area contributed by atoms with E-state index < -0.39 is 11.9 Å². The van der Waals surface area contributed by atoms with Gasteiger partial charge in [-0.05, 0) is 6.92 Å². The van der Waals surface area contributed by atoms with Crippen molar-refractivity contribution in [3.05, 3.63) is 18.2 Å². The number of amides is 1. The highest BCUT2D eigenvalue weighted by atomic mass is 16.6. The Morgan fingerprint density at radius 1 is 1.05 bits per heavy atom. The average molecular weight is 297 g/mol. The van der Waals surface area contributed by atoms with Crippen LogP contribution >= 0.6 is 0 Å². The number of anilines is 1. The molecule has 0 aliphatic carbocycles. The van der Waals surface area contributed by atoms with Crippen molar-refractivity contribution in [3.63, 3.8) is 0 Å². The lowest BCUT2D eigenvalue weighted by atomic mass is 10.2. The molecule has 0 aromatic heterocycles. The lowest BCUT2D eigenvalue weighted by Gasteiger charge is -2.10. The number of hydrogen-bond acceptors (Lipinski definition) is 6. The van der Waals surface area contributed by atoms with Crippen LogP contribution in [0.3, 0.4) is 0 Å². The SMILES string of the molecule is CCOCC(=O)OCC(=O)Nc1cc(OC)cc(OC)c1. The molecule has 0 aliphatic heterocycles. The second-order valence-corrected chi connectivity index (χ2v) is 3.95. The first-order chi connectivity index (χ1) is 10.1. The Bertz CT molecular complexity index is 466. The summed E-state index contributed by atoms with van der Waals surface area (Å²) in [5, 5.41) is 2.59. The van der Waals surface area contributed by atoms with E-state index in [9.17, 15) is 9.59 Å². The molecule has 116 valence electrons. The second kappa shape index (κ2) is 8.80. The van der Waals surface area contributed by atoms with Crippen molar-refractivity contribution in [2.24, 2.45) is 0 Å². The molecule has 7 nitrogen and oxygen atoms in total. The lowest BCUT2D eigenvalue weighted by Crippen LogP contribution is -2.22. The van der Waals surface area contributed by atoms with Crippen LogP contribution in [-0.2, 0) is 19.1 Å². The number of methoxy groups -OCH3 is 2. The van der Waals surface area contributed by atoms with Gasteiger partial charge in [0, 0.05) is 30.5 Å². The molecule has 1 rings (SSSR count). The van der Waals surface area contributed by atoms with Gasteiger partial charge in [-0.15, -0.1) is 0 Å². The number of ether oxygens (including phenoxy) is 4. The highest BCUT2D eigenvalue weighted by Crippen LogP contribution is 2.25. The maximum atomic E-state index is 11.7. The van der Waals surface area contributed by atoms with Crippen molar-refractivity contribution >= 4 is 17.6 Å². The Labute approximate surface area is 123 Å². The van der Waals surface area contributed by atoms with E-state index in [4.69, 9.17) is 18.9 Å². The topological polar surface area (TPSA) is 83.1 Å². The van der Waals surface area contributed by atoms with Gasteiger partial charge in [0.2, 0.25) is 0 Å². The first kappa shape index (κ1) is 16.8. The molecule has 0 bridgehead atoms. The molecule has 0 aliphatic rings. The first-order valence-electron chi connectivity index (χ1n) is 6.35. The van der Waals surface area contributed by atoms with Gasteiger partial charge in [0.05, 0.1) is 14.2 Å². The van der Waals surface area contributed by atoms with Crippen LogP contribution < -0.4 is 14.8 Å². The first-order valence-corrected chi connectivity index (χ1v) is 6.35. The highest BCUT2D eigenvalue weighted by molar-refractivity contribution is 5.93. The van der Waals surface area contributed by atoms with Crippen LogP contribution in [0.25, 0.3) is 0 Å². The Morgan fingerprint density at radius 3 is 2.19 bits per heavy atom. The van der Waals surface area contributed by atoms with E-state index in [1.807, 2.05) is 0 Å². The van der Waals surface area contributed by atoms with Crippen LogP contribution in [0, 0.1) is 0 Å². The van der Waals surface area contributed by atoms with Gasteiger partial charge in [-0.25, -0.2) is 4.79 Å². The Hall–Kier alpha value is -2.28. The van der Waals surface area contributed by atoms with Crippen LogP contribution in [0.4, 0.5) is 5.69 Å². The quantitative estimate of drug-likeness (QED) is 0.726. The molecule has 1 aromatic rings. The van der Waals surface area contributed by atoms with Crippen molar-refractivity contribution in [1.82, 2.24) is 0 Å². The molecule has 0 radical (unpaired) electrons. The van der Waals surface area contributed by atoms with Crippen molar-refractivity contribution < 1.29 is 28.5 Å². The zero-order valence-corrected chi connectivity index (χ0v) is 12.3. The van der Waals surface area contributed by atoms with Crippen molar-refractivity contribution in [1.29, 1.82) is 0 Å². The summed E-state index contributed by atoms with van der Waals surface area (Å²) in [6, 6.07) is 4.93. The van der Waals surface area contributed by atoms with E-state index in [1.54, 1.807) is 25.1 Å². The van der Waals surface area contributed by atoms with E-state index in [-0.39, 0.29) is 13.2 Å². The van der Waals surface area contributed by atoms with Crippen LogP contribution in [0.15, 0.2) is 18.2 Å². The molecule has 7 heteroatoms. The summed E-state index contributed by atoms with van der Waals surface area (Å²) in [6.07, 6.45) is 0. The van der Waals surface area contributed by atoms with Crippen LogP contribution in [0.5, 0.6) is 11.5 Å². The fourth-order valence-electron chi connectivity index (χ4n) is 1.45. The summed E-state index contributed by atoms with van der Waals surface area (Å²) in [6.45, 7) is 1.61. The Balaban J connectivity index is 2.52. The number of hydrogen-bond donors (Lipinski definition) is 1. The normalized spacial score (nSPS) is 9.86. The molecule has 1 N–H and O–H groups in total. The van der Waals surface area contributed by atoms with E-state index >= 15 is 0 Å². The number of benzene rings is 1. The predicted octanol–water partition coefficient (Wildman–Crippen LogP) is 1.22. The minimum absolute atomic E-state index is 0.170. The fraction of sp³-hybridized carbons (Fsp3) is 0.429. The fourth-order valence-corrected chi connectivity index (χ4v) is 1.45.